The van der Waals surface area contributed by atoms with Crippen molar-refractivity contribution in [2.24, 2.45) is 5.16 Å². The van der Waals surface area contributed by atoms with E-state index in [1.807, 2.05) is 6.07 Å². The zero-order valence-corrected chi connectivity index (χ0v) is 12.5. The molecule has 0 saturated heterocycles. The first-order valence-corrected chi connectivity index (χ1v) is 7.17. The molecule has 0 aliphatic rings. The number of amides is 1. The smallest absolute Gasteiger partial charge is 0.276 e. The summed E-state index contributed by atoms with van der Waals surface area (Å²) in [6.07, 6.45) is 0.646. The van der Waals surface area contributed by atoms with Crippen LogP contribution >= 0.6 is 11.3 Å². The average Bonchev–Trinajstić information content (AvgIpc) is 2.97. The summed E-state index contributed by atoms with van der Waals surface area (Å²) in [7, 11) is 1.32. The van der Waals surface area contributed by atoms with Gasteiger partial charge >= 0.3 is 0 Å². The molecule has 0 bridgehead atoms. The molecule has 1 atom stereocenters. The van der Waals surface area contributed by atoms with Gasteiger partial charge < -0.3 is 20.7 Å². The summed E-state index contributed by atoms with van der Waals surface area (Å²) in [6.45, 7) is 0. The number of nitrogens with zero attached hydrogens (tertiary/aromatic N) is 2. The summed E-state index contributed by atoms with van der Waals surface area (Å²) >= 11 is 1.18. The zero-order chi connectivity index (χ0) is 15.9. The van der Waals surface area contributed by atoms with E-state index in [0.29, 0.717) is 22.7 Å². The minimum Gasteiger partial charge on any atom is -0.398 e. The molecule has 0 aliphatic heterocycles. The summed E-state index contributed by atoms with van der Waals surface area (Å²) < 4.78 is 0. The third kappa shape index (κ3) is 3.67. The number of nitrogens with one attached hydrogen (secondary N) is 1. The van der Waals surface area contributed by atoms with Crippen molar-refractivity contribution in [2.45, 2.75) is 6.04 Å². The van der Waals surface area contributed by atoms with Crippen molar-refractivity contribution in [2.75, 3.05) is 12.8 Å². The van der Waals surface area contributed by atoms with Crippen LogP contribution in [0.15, 0.2) is 40.9 Å². The van der Waals surface area contributed by atoms with Gasteiger partial charge in [-0.3, -0.25) is 4.79 Å². The van der Waals surface area contributed by atoms with Gasteiger partial charge in [0.25, 0.3) is 5.91 Å². The average molecular weight is 318 g/mol. The maximum atomic E-state index is 12.3. The highest BCUT2D eigenvalue weighted by Gasteiger charge is 2.22. The van der Waals surface area contributed by atoms with E-state index in [1.54, 1.807) is 29.6 Å². The Kier molecular flexibility index (Phi) is 5.21. The number of thiazole rings is 1. The first kappa shape index (κ1) is 15.6. The number of rotatable bonds is 6. The van der Waals surface area contributed by atoms with Crippen molar-refractivity contribution >= 4 is 34.4 Å². The van der Waals surface area contributed by atoms with Gasteiger partial charge in [-0.15, -0.1) is 11.3 Å². The molecule has 114 valence electrons. The van der Waals surface area contributed by atoms with E-state index in [4.69, 9.17) is 5.73 Å². The number of nitrogens with two attached hydrogens (primary N) is 1. The number of hydrogen-bond donors (Lipinski definition) is 2. The Labute approximate surface area is 130 Å². The lowest BCUT2D eigenvalue weighted by Gasteiger charge is -2.13. The molecular formula is C14H14N4O3S. The highest BCUT2D eigenvalue weighted by molar-refractivity contribution is 7.13. The normalized spacial score (nSPS) is 12.5. The van der Waals surface area contributed by atoms with Crippen LogP contribution in [0.25, 0.3) is 0 Å². The van der Waals surface area contributed by atoms with E-state index in [0.717, 1.165) is 0 Å². The van der Waals surface area contributed by atoms with E-state index < -0.39 is 11.9 Å². The molecule has 1 heterocycles. The van der Waals surface area contributed by atoms with Crippen LogP contribution in [0.4, 0.5) is 5.13 Å². The molecule has 2 rings (SSSR count). The fourth-order valence-electron chi connectivity index (χ4n) is 1.76. The van der Waals surface area contributed by atoms with Gasteiger partial charge in [-0.2, -0.15) is 0 Å². The Morgan fingerprint density at radius 3 is 2.73 bits per heavy atom. The van der Waals surface area contributed by atoms with Crippen LogP contribution in [0.2, 0.25) is 0 Å². The largest absolute Gasteiger partial charge is 0.398 e. The topological polar surface area (TPSA) is 107 Å². The number of aldehydes is 1. The van der Waals surface area contributed by atoms with Crippen molar-refractivity contribution < 1.29 is 14.4 Å². The number of carbonyl (C=O) groups is 2. The van der Waals surface area contributed by atoms with Crippen molar-refractivity contribution in [3.05, 3.63) is 47.0 Å². The van der Waals surface area contributed by atoms with Crippen LogP contribution in [0.1, 0.15) is 17.3 Å². The maximum absolute atomic E-state index is 12.3. The van der Waals surface area contributed by atoms with Crippen molar-refractivity contribution in [1.29, 1.82) is 0 Å². The van der Waals surface area contributed by atoms with E-state index in [-0.39, 0.29) is 5.71 Å². The van der Waals surface area contributed by atoms with Gasteiger partial charge in [-0.05, 0) is 5.56 Å². The lowest BCUT2D eigenvalue weighted by atomic mass is 10.1. The van der Waals surface area contributed by atoms with Gasteiger partial charge in [0.2, 0.25) is 0 Å². The fraction of sp³-hybridized carbons (Fsp3) is 0.143. The molecule has 0 aliphatic carbocycles. The van der Waals surface area contributed by atoms with Gasteiger partial charge in [-0.1, -0.05) is 35.5 Å². The van der Waals surface area contributed by atoms with Crippen molar-refractivity contribution in [1.82, 2.24) is 10.3 Å². The molecule has 3 N–H and O–H groups in total. The van der Waals surface area contributed by atoms with Gasteiger partial charge in [-0.25, -0.2) is 4.98 Å². The Morgan fingerprint density at radius 2 is 2.18 bits per heavy atom. The molecule has 1 amide bonds. The number of benzene rings is 1. The standard InChI is InChI=1S/C14H14N4O3S/c1-21-18-12(11-8-22-14(15)17-11)13(20)16-10(7-19)9-5-3-2-4-6-9/h2-8,10H,1H3,(H2,15,17)(H,16,20)/b18-12-. The van der Waals surface area contributed by atoms with Crippen LogP contribution in [0, 0.1) is 0 Å². The first-order valence-electron chi connectivity index (χ1n) is 6.29. The second-order valence-corrected chi connectivity index (χ2v) is 5.08. The van der Waals surface area contributed by atoms with Gasteiger partial charge in [0.05, 0.1) is 0 Å². The summed E-state index contributed by atoms with van der Waals surface area (Å²) in [6, 6.07) is 8.09. The van der Waals surface area contributed by atoms with Crippen LogP contribution < -0.4 is 11.1 Å². The monoisotopic (exact) mass is 318 g/mol. The highest BCUT2D eigenvalue weighted by atomic mass is 32.1. The second kappa shape index (κ2) is 7.32. The van der Waals surface area contributed by atoms with Crippen molar-refractivity contribution in [3.8, 4) is 0 Å². The SMILES string of the molecule is CO/N=C(\C(=O)NC(C=O)c1ccccc1)c1csc(N)n1. The van der Waals surface area contributed by atoms with E-state index in [2.05, 4.69) is 20.3 Å². The van der Waals surface area contributed by atoms with Crippen LogP contribution in [-0.2, 0) is 14.4 Å². The second-order valence-electron chi connectivity index (χ2n) is 4.19. The molecule has 2 aromatic rings. The predicted molar refractivity (Wildman–Crippen MR) is 83.5 cm³/mol. The van der Waals surface area contributed by atoms with Crippen LogP contribution in [0.5, 0.6) is 0 Å². The van der Waals surface area contributed by atoms with Gasteiger partial charge in [0.1, 0.15) is 25.1 Å². The maximum Gasteiger partial charge on any atom is 0.276 e. The third-order valence-corrected chi connectivity index (χ3v) is 3.42. The molecular weight excluding hydrogens is 304 g/mol. The molecule has 22 heavy (non-hydrogen) atoms. The molecule has 7 nitrogen and oxygen atoms in total. The Balaban J connectivity index is 2.21. The van der Waals surface area contributed by atoms with Gasteiger partial charge in [0.15, 0.2) is 10.8 Å². The quantitative estimate of drug-likeness (QED) is 0.472. The van der Waals surface area contributed by atoms with Gasteiger partial charge in [0, 0.05) is 5.38 Å². The molecule has 8 heteroatoms. The molecule has 1 unspecified atom stereocenters. The number of hydrogen-bond acceptors (Lipinski definition) is 7. The highest BCUT2D eigenvalue weighted by Crippen LogP contribution is 2.14. The van der Waals surface area contributed by atoms with E-state index in [9.17, 15) is 9.59 Å². The first-order chi connectivity index (χ1) is 10.7. The summed E-state index contributed by atoms with van der Waals surface area (Å²) in [5.74, 6) is -0.576. The molecule has 0 spiro atoms. The molecule has 1 aromatic carbocycles. The van der Waals surface area contributed by atoms with Crippen LogP contribution in [-0.4, -0.2) is 30.0 Å². The molecule has 0 fully saturated rings. The molecule has 0 saturated carbocycles. The number of aromatic nitrogens is 1. The third-order valence-electron chi connectivity index (χ3n) is 2.74. The lowest BCUT2D eigenvalue weighted by molar-refractivity contribution is -0.119. The number of oxime groups is 1. The van der Waals surface area contributed by atoms with E-state index >= 15 is 0 Å². The minimum atomic E-state index is -0.785. The van der Waals surface area contributed by atoms with E-state index in [1.165, 1.54) is 18.4 Å². The summed E-state index contributed by atoms with van der Waals surface area (Å²) in [5.41, 5.74) is 6.47. The number of anilines is 1. The predicted octanol–water partition coefficient (Wildman–Crippen LogP) is 1.13. The Morgan fingerprint density at radius 1 is 1.45 bits per heavy atom. The Bertz CT molecular complexity index is 684. The molecule has 0 radical (unpaired) electrons. The lowest BCUT2D eigenvalue weighted by Crippen LogP contribution is -2.36. The summed E-state index contributed by atoms with van der Waals surface area (Å²) in [5, 5.41) is 8.14. The van der Waals surface area contributed by atoms with Crippen molar-refractivity contribution in [3.63, 3.8) is 0 Å². The fourth-order valence-corrected chi connectivity index (χ4v) is 2.31. The zero-order valence-electron chi connectivity index (χ0n) is 11.7. The minimum absolute atomic E-state index is 0.0433. The summed E-state index contributed by atoms with van der Waals surface area (Å²) in [4.78, 5) is 32.2. The molecule has 1 aromatic heterocycles. The van der Waals surface area contributed by atoms with Crippen LogP contribution in [0.3, 0.4) is 0 Å². The number of carbonyl (C=O) groups excluding carboxylic acids is 2. The Hall–Kier alpha value is -2.74. The number of nitrogen functional groups attached to an aromatic ring is 1.